The first kappa shape index (κ1) is 12.3. The Morgan fingerprint density at radius 3 is 3.11 bits per heavy atom. The zero-order valence-corrected chi connectivity index (χ0v) is 11.4. The van der Waals surface area contributed by atoms with Gasteiger partial charge in [-0.05, 0) is 30.7 Å². The maximum Gasteiger partial charge on any atom is 0.212 e. The van der Waals surface area contributed by atoms with Crippen LogP contribution in [-0.4, -0.2) is 17.4 Å². The molecule has 0 amide bonds. The van der Waals surface area contributed by atoms with E-state index in [1.807, 2.05) is 19.1 Å². The number of hydrogen-bond acceptors (Lipinski definition) is 5. The van der Waals surface area contributed by atoms with Gasteiger partial charge in [-0.2, -0.15) is 0 Å². The fourth-order valence-corrected chi connectivity index (χ4v) is 2.83. The summed E-state index contributed by atoms with van der Waals surface area (Å²) in [4.78, 5) is 16.6. The molecule has 2 aromatic rings. The molecule has 4 nitrogen and oxygen atoms in total. The molecule has 1 aromatic heterocycles. The van der Waals surface area contributed by atoms with Crippen LogP contribution in [0.1, 0.15) is 39.6 Å². The number of nitrogens with zero attached hydrogens (tertiary/aromatic N) is 1. The summed E-state index contributed by atoms with van der Waals surface area (Å²) in [7, 11) is 0. The minimum absolute atomic E-state index is 0.0575. The Hall–Kier alpha value is -1.72. The fourth-order valence-electron chi connectivity index (χ4n) is 2.08. The zero-order valence-electron chi connectivity index (χ0n) is 10.6. The van der Waals surface area contributed by atoms with E-state index in [4.69, 9.17) is 10.5 Å². The van der Waals surface area contributed by atoms with Gasteiger partial charge in [-0.25, -0.2) is 4.98 Å². The zero-order chi connectivity index (χ0) is 13.4. The molecule has 1 aliphatic heterocycles. The second-order valence-electron chi connectivity index (χ2n) is 4.61. The minimum Gasteiger partial charge on any atom is -0.493 e. The topological polar surface area (TPSA) is 65.2 Å². The quantitative estimate of drug-likeness (QED) is 0.872. The van der Waals surface area contributed by atoms with Crippen LogP contribution in [-0.2, 0) is 6.42 Å². The van der Waals surface area contributed by atoms with Crippen LogP contribution in [0.15, 0.2) is 23.6 Å². The molecule has 0 fully saturated rings. The smallest absolute Gasteiger partial charge is 0.212 e. The van der Waals surface area contributed by atoms with Gasteiger partial charge >= 0.3 is 0 Å². The lowest BCUT2D eigenvalue weighted by atomic mass is 10.0. The molecule has 0 aliphatic carbocycles. The van der Waals surface area contributed by atoms with Crippen molar-refractivity contribution in [1.82, 2.24) is 4.98 Å². The number of hydrogen-bond donors (Lipinski definition) is 1. The molecule has 3 rings (SSSR count). The SMILES string of the molecule is CC(N)c1nc(C(=O)c2ccc3c(c2)CCO3)cs1. The summed E-state index contributed by atoms with van der Waals surface area (Å²) in [5.74, 6) is 0.823. The lowest BCUT2D eigenvalue weighted by Gasteiger charge is -2.02. The number of fused-ring (bicyclic) bond motifs is 1. The number of carbonyl (C=O) groups excluding carboxylic acids is 1. The van der Waals surface area contributed by atoms with E-state index in [1.54, 1.807) is 11.4 Å². The van der Waals surface area contributed by atoms with Crippen LogP contribution in [0.4, 0.5) is 0 Å². The molecule has 5 heteroatoms. The third-order valence-electron chi connectivity index (χ3n) is 3.10. The van der Waals surface area contributed by atoms with Gasteiger partial charge in [0, 0.05) is 17.4 Å². The summed E-state index contributed by atoms with van der Waals surface area (Å²) >= 11 is 1.42. The number of thiazole rings is 1. The Morgan fingerprint density at radius 2 is 2.37 bits per heavy atom. The minimum atomic E-state index is -0.139. The van der Waals surface area contributed by atoms with Crippen LogP contribution in [0.5, 0.6) is 5.75 Å². The van der Waals surface area contributed by atoms with E-state index < -0.39 is 0 Å². The number of ether oxygens (including phenoxy) is 1. The van der Waals surface area contributed by atoms with Gasteiger partial charge in [-0.15, -0.1) is 11.3 Å². The predicted molar refractivity (Wildman–Crippen MR) is 73.8 cm³/mol. The third-order valence-corrected chi connectivity index (χ3v) is 4.14. The molecule has 1 unspecified atom stereocenters. The second kappa shape index (κ2) is 4.75. The number of rotatable bonds is 3. The molecule has 2 N–H and O–H groups in total. The van der Waals surface area contributed by atoms with Crippen molar-refractivity contribution in [3.05, 3.63) is 45.4 Å². The molecule has 0 saturated carbocycles. The van der Waals surface area contributed by atoms with Crippen molar-refractivity contribution >= 4 is 17.1 Å². The van der Waals surface area contributed by atoms with Crippen LogP contribution in [0, 0.1) is 0 Å². The number of nitrogens with two attached hydrogens (primary N) is 1. The average molecular weight is 274 g/mol. The Labute approximate surface area is 115 Å². The van der Waals surface area contributed by atoms with Crippen molar-refractivity contribution in [2.24, 2.45) is 5.73 Å². The summed E-state index contributed by atoms with van der Waals surface area (Å²) in [6, 6.07) is 5.40. The van der Waals surface area contributed by atoms with Gasteiger partial charge in [0.15, 0.2) is 0 Å². The maximum absolute atomic E-state index is 12.3. The largest absolute Gasteiger partial charge is 0.493 e. The molecule has 19 heavy (non-hydrogen) atoms. The van der Waals surface area contributed by atoms with Crippen molar-refractivity contribution in [1.29, 1.82) is 0 Å². The van der Waals surface area contributed by atoms with Crippen LogP contribution in [0.25, 0.3) is 0 Å². The fraction of sp³-hybridized carbons (Fsp3) is 0.286. The highest BCUT2D eigenvalue weighted by atomic mass is 32.1. The van der Waals surface area contributed by atoms with E-state index in [9.17, 15) is 4.79 Å². The summed E-state index contributed by atoms with van der Waals surface area (Å²) in [5, 5.41) is 2.55. The van der Waals surface area contributed by atoms with E-state index >= 15 is 0 Å². The van der Waals surface area contributed by atoms with Gasteiger partial charge in [0.2, 0.25) is 5.78 Å². The molecule has 0 radical (unpaired) electrons. The first-order valence-corrected chi connectivity index (χ1v) is 7.04. The first-order chi connectivity index (χ1) is 9.15. The summed E-state index contributed by atoms with van der Waals surface area (Å²) < 4.78 is 5.43. The Balaban J connectivity index is 1.90. The van der Waals surface area contributed by atoms with Crippen LogP contribution < -0.4 is 10.5 Å². The van der Waals surface area contributed by atoms with Gasteiger partial charge in [0.1, 0.15) is 16.5 Å². The maximum atomic E-state index is 12.3. The Bertz CT molecular complexity index is 634. The highest BCUT2D eigenvalue weighted by molar-refractivity contribution is 7.09. The molecule has 1 aromatic carbocycles. The van der Waals surface area contributed by atoms with Crippen LogP contribution >= 0.6 is 11.3 Å². The molecular formula is C14H14N2O2S. The van der Waals surface area contributed by atoms with Gasteiger partial charge in [0.25, 0.3) is 0 Å². The molecule has 0 spiro atoms. The third kappa shape index (κ3) is 2.27. The number of ketones is 1. The van der Waals surface area contributed by atoms with Gasteiger partial charge < -0.3 is 10.5 Å². The highest BCUT2D eigenvalue weighted by Gasteiger charge is 2.18. The van der Waals surface area contributed by atoms with Crippen LogP contribution in [0.2, 0.25) is 0 Å². The van der Waals surface area contributed by atoms with E-state index in [-0.39, 0.29) is 11.8 Å². The molecular weight excluding hydrogens is 260 g/mol. The van der Waals surface area contributed by atoms with Crippen molar-refractivity contribution in [2.75, 3.05) is 6.61 Å². The predicted octanol–water partition coefficient (Wildman–Crippen LogP) is 2.33. The van der Waals surface area contributed by atoms with Gasteiger partial charge in [-0.1, -0.05) is 0 Å². The van der Waals surface area contributed by atoms with E-state index in [1.165, 1.54) is 11.3 Å². The molecule has 0 bridgehead atoms. The number of carbonyl (C=O) groups is 1. The molecule has 98 valence electrons. The van der Waals surface area contributed by atoms with E-state index in [0.29, 0.717) is 17.9 Å². The molecule has 1 aliphatic rings. The van der Waals surface area contributed by atoms with Crippen LogP contribution in [0.3, 0.4) is 0 Å². The number of benzene rings is 1. The van der Waals surface area contributed by atoms with Crippen molar-refractivity contribution in [3.63, 3.8) is 0 Å². The normalized spacial score (nSPS) is 14.8. The summed E-state index contributed by atoms with van der Waals surface area (Å²) in [6.07, 6.45) is 0.860. The Kier molecular flexibility index (Phi) is 3.08. The van der Waals surface area contributed by atoms with Crippen molar-refractivity contribution in [3.8, 4) is 5.75 Å². The van der Waals surface area contributed by atoms with Crippen molar-refractivity contribution < 1.29 is 9.53 Å². The summed E-state index contributed by atoms with van der Waals surface area (Å²) in [6.45, 7) is 2.55. The van der Waals surface area contributed by atoms with E-state index in [0.717, 1.165) is 22.7 Å². The highest BCUT2D eigenvalue weighted by Crippen LogP contribution is 2.27. The van der Waals surface area contributed by atoms with Gasteiger partial charge in [0.05, 0.1) is 12.6 Å². The second-order valence-corrected chi connectivity index (χ2v) is 5.50. The van der Waals surface area contributed by atoms with E-state index in [2.05, 4.69) is 4.98 Å². The average Bonchev–Trinajstić information content (AvgIpc) is 3.06. The standard InChI is InChI=1S/C14H14N2O2S/c1-8(15)14-16-11(7-19-14)13(17)10-2-3-12-9(6-10)4-5-18-12/h2-3,6-8H,4-5,15H2,1H3. The monoisotopic (exact) mass is 274 g/mol. The van der Waals surface area contributed by atoms with Crippen molar-refractivity contribution in [2.45, 2.75) is 19.4 Å². The number of aromatic nitrogens is 1. The Morgan fingerprint density at radius 1 is 1.53 bits per heavy atom. The molecule has 1 atom stereocenters. The lowest BCUT2D eigenvalue weighted by Crippen LogP contribution is -2.07. The van der Waals surface area contributed by atoms with Gasteiger partial charge in [-0.3, -0.25) is 4.79 Å². The summed E-state index contributed by atoms with van der Waals surface area (Å²) in [5.41, 5.74) is 7.98. The first-order valence-electron chi connectivity index (χ1n) is 6.16. The molecule has 0 saturated heterocycles. The molecule has 2 heterocycles. The lowest BCUT2D eigenvalue weighted by molar-refractivity contribution is 0.103.